The van der Waals surface area contributed by atoms with E-state index in [0.717, 1.165) is 5.75 Å². The second-order valence-electron chi connectivity index (χ2n) is 6.06. The molecule has 1 aromatic heterocycles. The van der Waals surface area contributed by atoms with Gasteiger partial charge in [-0.2, -0.15) is 0 Å². The molecule has 0 aliphatic carbocycles. The Morgan fingerprint density at radius 3 is 2.34 bits per heavy atom. The van der Waals surface area contributed by atoms with Gasteiger partial charge in [0.15, 0.2) is 5.69 Å². The van der Waals surface area contributed by atoms with Crippen LogP contribution in [0.5, 0.6) is 11.5 Å². The lowest BCUT2D eigenvalue weighted by molar-refractivity contribution is 0.102. The van der Waals surface area contributed by atoms with Crippen LogP contribution < -0.4 is 10.1 Å². The van der Waals surface area contributed by atoms with Gasteiger partial charge in [0, 0.05) is 11.3 Å². The maximum atomic E-state index is 12.4. The highest BCUT2D eigenvalue weighted by Crippen LogP contribution is 2.28. The molecule has 1 amide bonds. The van der Waals surface area contributed by atoms with Gasteiger partial charge in [0.2, 0.25) is 5.89 Å². The Kier molecular flexibility index (Phi) is 5.51. The number of amides is 1. The summed E-state index contributed by atoms with van der Waals surface area (Å²) in [6.45, 7) is 0. The second-order valence-corrected chi connectivity index (χ2v) is 6.87. The quantitative estimate of drug-likeness (QED) is 0.387. The number of nitrogens with one attached hydrogen (secondary N) is 1. The monoisotopic (exact) mass is 424 g/mol. The van der Waals surface area contributed by atoms with Crippen LogP contribution in [-0.4, -0.2) is 10.9 Å². The van der Waals surface area contributed by atoms with Crippen LogP contribution in [0.2, 0.25) is 10.0 Å². The van der Waals surface area contributed by atoms with Gasteiger partial charge in [-0.05, 0) is 54.6 Å². The molecule has 29 heavy (non-hydrogen) atoms. The molecule has 4 aromatic rings. The number of para-hydroxylation sites is 1. The Labute approximate surface area is 176 Å². The summed E-state index contributed by atoms with van der Waals surface area (Å²) in [6.07, 6.45) is 1.29. The average Bonchev–Trinajstić information content (AvgIpc) is 3.23. The van der Waals surface area contributed by atoms with E-state index in [1.165, 1.54) is 6.26 Å². The molecule has 0 radical (unpaired) electrons. The van der Waals surface area contributed by atoms with Crippen LogP contribution in [0.25, 0.3) is 11.5 Å². The lowest BCUT2D eigenvalue weighted by Gasteiger charge is -2.07. The number of hydrogen-bond acceptors (Lipinski definition) is 4. The van der Waals surface area contributed by atoms with E-state index in [1.807, 2.05) is 30.3 Å². The molecule has 144 valence electrons. The first-order chi connectivity index (χ1) is 14.1. The summed E-state index contributed by atoms with van der Waals surface area (Å²) in [4.78, 5) is 16.7. The number of ether oxygens (including phenoxy) is 1. The van der Waals surface area contributed by atoms with E-state index in [-0.39, 0.29) is 11.6 Å². The predicted octanol–water partition coefficient (Wildman–Crippen LogP) is 6.69. The molecule has 0 bridgehead atoms. The minimum atomic E-state index is -0.392. The Bertz CT molecular complexity index is 1140. The molecule has 5 nitrogen and oxygen atoms in total. The van der Waals surface area contributed by atoms with Gasteiger partial charge in [0.25, 0.3) is 5.91 Å². The van der Waals surface area contributed by atoms with Crippen molar-refractivity contribution in [2.75, 3.05) is 5.32 Å². The highest BCUT2D eigenvalue weighted by Gasteiger charge is 2.14. The molecule has 0 fully saturated rings. The molecule has 0 spiro atoms. The van der Waals surface area contributed by atoms with Gasteiger partial charge in [0.05, 0.1) is 10.0 Å². The van der Waals surface area contributed by atoms with Crippen molar-refractivity contribution < 1.29 is 13.9 Å². The highest BCUT2D eigenvalue weighted by molar-refractivity contribution is 6.42. The number of halogens is 2. The fraction of sp³-hybridized carbons (Fsp3) is 0. The van der Waals surface area contributed by atoms with Crippen molar-refractivity contribution in [3.63, 3.8) is 0 Å². The van der Waals surface area contributed by atoms with Crippen LogP contribution in [0.4, 0.5) is 5.69 Å². The number of aromatic nitrogens is 1. The number of carbonyl (C=O) groups is 1. The van der Waals surface area contributed by atoms with E-state index < -0.39 is 5.91 Å². The number of hydrogen-bond donors (Lipinski definition) is 1. The Morgan fingerprint density at radius 2 is 1.62 bits per heavy atom. The van der Waals surface area contributed by atoms with Gasteiger partial charge in [-0.1, -0.05) is 41.4 Å². The van der Waals surface area contributed by atoms with E-state index in [9.17, 15) is 4.79 Å². The van der Waals surface area contributed by atoms with E-state index in [4.69, 9.17) is 32.4 Å². The first kappa shape index (κ1) is 19.1. The zero-order valence-corrected chi connectivity index (χ0v) is 16.4. The minimum absolute atomic E-state index is 0.149. The van der Waals surface area contributed by atoms with Crippen LogP contribution in [0, 0.1) is 0 Å². The lowest BCUT2D eigenvalue weighted by Crippen LogP contribution is -2.12. The van der Waals surface area contributed by atoms with Gasteiger partial charge in [-0.15, -0.1) is 0 Å². The molecule has 0 atom stereocenters. The molecule has 0 unspecified atom stereocenters. The summed E-state index contributed by atoms with van der Waals surface area (Å²) in [5.41, 5.74) is 1.38. The average molecular weight is 425 g/mol. The molecule has 0 saturated carbocycles. The fourth-order valence-corrected chi connectivity index (χ4v) is 2.86. The van der Waals surface area contributed by atoms with Gasteiger partial charge >= 0.3 is 0 Å². The van der Waals surface area contributed by atoms with E-state index in [1.54, 1.807) is 42.5 Å². The Morgan fingerprint density at radius 1 is 0.897 bits per heavy atom. The third kappa shape index (κ3) is 4.59. The number of oxazole rings is 1. The Hall–Kier alpha value is -3.28. The van der Waals surface area contributed by atoms with Crippen LogP contribution in [0.3, 0.4) is 0 Å². The molecule has 7 heteroatoms. The first-order valence-electron chi connectivity index (χ1n) is 8.64. The van der Waals surface area contributed by atoms with Crippen molar-refractivity contribution in [1.82, 2.24) is 4.98 Å². The summed E-state index contributed by atoms with van der Waals surface area (Å²) < 4.78 is 11.1. The van der Waals surface area contributed by atoms with Crippen LogP contribution in [0.1, 0.15) is 10.5 Å². The molecule has 4 rings (SSSR count). The molecular weight excluding hydrogens is 411 g/mol. The van der Waals surface area contributed by atoms with Gasteiger partial charge in [-0.3, -0.25) is 4.79 Å². The second kappa shape index (κ2) is 8.39. The SMILES string of the molecule is O=C(Nc1ccc(Oc2ccccc2)cc1)c1coc(-c2ccc(Cl)c(Cl)c2)n1. The number of benzene rings is 3. The van der Waals surface area contributed by atoms with Crippen molar-refractivity contribution in [3.05, 3.63) is 94.8 Å². The number of rotatable bonds is 5. The molecule has 1 heterocycles. The Balaban J connectivity index is 1.43. The van der Waals surface area contributed by atoms with Crippen LogP contribution in [-0.2, 0) is 0 Å². The van der Waals surface area contributed by atoms with Gasteiger partial charge in [0.1, 0.15) is 17.8 Å². The maximum Gasteiger partial charge on any atom is 0.277 e. The van der Waals surface area contributed by atoms with Crippen LogP contribution in [0.15, 0.2) is 83.5 Å². The highest BCUT2D eigenvalue weighted by atomic mass is 35.5. The lowest BCUT2D eigenvalue weighted by atomic mass is 10.2. The van der Waals surface area contributed by atoms with Crippen molar-refractivity contribution in [3.8, 4) is 23.0 Å². The number of nitrogens with zero attached hydrogens (tertiary/aromatic N) is 1. The van der Waals surface area contributed by atoms with Crippen molar-refractivity contribution >= 4 is 34.8 Å². The largest absolute Gasteiger partial charge is 0.457 e. The summed E-state index contributed by atoms with van der Waals surface area (Å²) in [7, 11) is 0. The third-order valence-corrected chi connectivity index (χ3v) is 4.73. The van der Waals surface area contributed by atoms with E-state index >= 15 is 0 Å². The zero-order valence-electron chi connectivity index (χ0n) is 14.9. The standard InChI is InChI=1S/C22H14Cl2N2O3/c23-18-11-6-14(12-19(18)24)22-26-20(13-28-22)21(27)25-15-7-9-17(10-8-15)29-16-4-2-1-3-5-16/h1-13H,(H,25,27). The molecule has 3 aromatic carbocycles. The number of carbonyl (C=O) groups excluding carboxylic acids is 1. The maximum absolute atomic E-state index is 12.4. The molecule has 0 aliphatic rings. The van der Waals surface area contributed by atoms with E-state index in [2.05, 4.69) is 10.3 Å². The summed E-state index contributed by atoms with van der Waals surface area (Å²) in [6, 6.07) is 21.5. The molecule has 0 saturated heterocycles. The summed E-state index contributed by atoms with van der Waals surface area (Å²) in [5, 5.41) is 3.58. The van der Waals surface area contributed by atoms with Crippen molar-refractivity contribution in [2.24, 2.45) is 0 Å². The first-order valence-corrected chi connectivity index (χ1v) is 9.39. The number of anilines is 1. The van der Waals surface area contributed by atoms with Gasteiger partial charge < -0.3 is 14.5 Å². The summed E-state index contributed by atoms with van der Waals surface area (Å²) >= 11 is 11.9. The predicted molar refractivity (Wildman–Crippen MR) is 113 cm³/mol. The van der Waals surface area contributed by atoms with Crippen molar-refractivity contribution in [2.45, 2.75) is 0 Å². The fourth-order valence-electron chi connectivity index (χ4n) is 2.57. The van der Waals surface area contributed by atoms with Gasteiger partial charge in [-0.25, -0.2) is 4.98 Å². The summed E-state index contributed by atoms with van der Waals surface area (Å²) in [5.74, 6) is 1.29. The third-order valence-electron chi connectivity index (χ3n) is 3.99. The minimum Gasteiger partial charge on any atom is -0.457 e. The van der Waals surface area contributed by atoms with Crippen molar-refractivity contribution in [1.29, 1.82) is 0 Å². The zero-order chi connectivity index (χ0) is 20.2. The topological polar surface area (TPSA) is 64.4 Å². The van der Waals surface area contributed by atoms with Crippen LogP contribution >= 0.6 is 23.2 Å². The van der Waals surface area contributed by atoms with E-state index in [0.29, 0.717) is 27.0 Å². The molecular formula is C22H14Cl2N2O3. The normalized spacial score (nSPS) is 10.6. The molecule has 0 aliphatic heterocycles. The smallest absolute Gasteiger partial charge is 0.277 e. The molecule has 1 N–H and O–H groups in total.